The highest BCUT2D eigenvalue weighted by Crippen LogP contribution is 2.20. The molecule has 1 aliphatic carbocycles. The van der Waals surface area contributed by atoms with Gasteiger partial charge in [0, 0.05) is 18.3 Å². The average molecular weight is 473 g/mol. The molecular weight excluding hydrogens is 439 g/mol. The summed E-state index contributed by atoms with van der Waals surface area (Å²) in [5.41, 5.74) is 1.86. The molecule has 1 atom stereocenters. The summed E-state index contributed by atoms with van der Waals surface area (Å²) in [5, 5.41) is 3.15. The Bertz CT molecular complexity index is 916. The molecule has 0 spiro atoms. The van der Waals surface area contributed by atoms with Crippen LogP contribution in [0.15, 0.2) is 48.5 Å². The van der Waals surface area contributed by atoms with Crippen LogP contribution in [0, 0.1) is 5.82 Å². The smallest absolute Gasteiger partial charge is 0.242 e. The summed E-state index contributed by atoms with van der Waals surface area (Å²) in [6.45, 7) is 2.12. The van der Waals surface area contributed by atoms with E-state index in [4.69, 9.17) is 4.74 Å². The van der Waals surface area contributed by atoms with Crippen molar-refractivity contribution in [3.8, 4) is 5.75 Å². The molecule has 5 nitrogen and oxygen atoms in total. The quantitative estimate of drug-likeness (QED) is 0.533. The van der Waals surface area contributed by atoms with Crippen LogP contribution in [-0.4, -0.2) is 41.7 Å². The number of carbonyl (C=O) groups is 2. The molecule has 2 amide bonds. The molecule has 0 aliphatic heterocycles. The third-order valence-corrected chi connectivity index (χ3v) is 7.00. The van der Waals surface area contributed by atoms with E-state index in [1.54, 1.807) is 31.1 Å². The van der Waals surface area contributed by atoms with Gasteiger partial charge >= 0.3 is 0 Å². The van der Waals surface area contributed by atoms with Crippen molar-refractivity contribution in [1.29, 1.82) is 0 Å². The number of benzene rings is 2. The summed E-state index contributed by atoms with van der Waals surface area (Å²) < 4.78 is 18.4. The van der Waals surface area contributed by atoms with Gasteiger partial charge in [0.25, 0.3) is 0 Å². The van der Waals surface area contributed by atoms with E-state index < -0.39 is 6.04 Å². The monoisotopic (exact) mass is 472 g/mol. The lowest BCUT2D eigenvalue weighted by molar-refractivity contribution is -0.139. The Kier molecular flexibility index (Phi) is 9.61. The standard InChI is InChI=1S/C26H33FN2O3S/c1-19(26(31)28-23-8-4-3-5-9-23)29(16-21-7-6-10-24(15-21)32-2)25(30)18-33-17-20-11-13-22(27)14-12-20/h6-7,10-15,19,23H,3-5,8-9,16-18H2,1-2H3,(H,28,31). The van der Waals surface area contributed by atoms with E-state index in [0.29, 0.717) is 18.0 Å². The maximum Gasteiger partial charge on any atom is 0.242 e. The van der Waals surface area contributed by atoms with Crippen molar-refractivity contribution in [2.75, 3.05) is 12.9 Å². The van der Waals surface area contributed by atoms with Crippen molar-refractivity contribution < 1.29 is 18.7 Å². The summed E-state index contributed by atoms with van der Waals surface area (Å²) in [6.07, 6.45) is 5.47. The summed E-state index contributed by atoms with van der Waals surface area (Å²) in [6, 6.07) is 13.4. The van der Waals surface area contributed by atoms with Gasteiger partial charge in [0.15, 0.2) is 0 Å². The number of amides is 2. The van der Waals surface area contributed by atoms with Gasteiger partial charge in [-0.05, 0) is 55.2 Å². The average Bonchev–Trinajstić information content (AvgIpc) is 2.84. The number of methoxy groups -OCH3 is 1. The van der Waals surface area contributed by atoms with Crippen LogP contribution in [0.4, 0.5) is 4.39 Å². The second-order valence-corrected chi connectivity index (χ2v) is 9.50. The number of nitrogens with zero attached hydrogens (tertiary/aromatic N) is 1. The van der Waals surface area contributed by atoms with Crippen LogP contribution in [0.5, 0.6) is 5.75 Å². The van der Waals surface area contributed by atoms with Gasteiger partial charge in [-0.15, -0.1) is 11.8 Å². The van der Waals surface area contributed by atoms with Crippen LogP contribution in [0.2, 0.25) is 0 Å². The van der Waals surface area contributed by atoms with Crippen LogP contribution in [-0.2, 0) is 21.9 Å². The molecule has 0 saturated heterocycles. The lowest BCUT2D eigenvalue weighted by Crippen LogP contribution is -2.50. The van der Waals surface area contributed by atoms with Crippen molar-refractivity contribution in [3.05, 3.63) is 65.5 Å². The zero-order valence-corrected chi connectivity index (χ0v) is 20.2. The van der Waals surface area contributed by atoms with Crippen LogP contribution in [0.25, 0.3) is 0 Å². The fraction of sp³-hybridized carbons (Fsp3) is 0.462. The Labute approximate surface area is 200 Å². The van der Waals surface area contributed by atoms with Gasteiger partial charge in [-0.25, -0.2) is 4.39 Å². The third-order valence-electron chi connectivity index (χ3n) is 6.01. The molecule has 1 fully saturated rings. The molecular formula is C26H33FN2O3S. The molecule has 0 bridgehead atoms. The largest absolute Gasteiger partial charge is 0.497 e. The number of rotatable bonds is 10. The van der Waals surface area contributed by atoms with Gasteiger partial charge < -0.3 is 15.0 Å². The summed E-state index contributed by atoms with van der Waals surface area (Å²) in [4.78, 5) is 27.9. The second kappa shape index (κ2) is 12.6. The van der Waals surface area contributed by atoms with E-state index in [9.17, 15) is 14.0 Å². The molecule has 0 heterocycles. The minimum Gasteiger partial charge on any atom is -0.497 e. The molecule has 33 heavy (non-hydrogen) atoms. The Morgan fingerprint density at radius 1 is 1.12 bits per heavy atom. The van der Waals surface area contributed by atoms with Crippen molar-refractivity contribution >= 4 is 23.6 Å². The molecule has 3 rings (SSSR count). The molecule has 1 saturated carbocycles. The van der Waals surface area contributed by atoms with Crippen molar-refractivity contribution in [1.82, 2.24) is 10.2 Å². The van der Waals surface area contributed by atoms with Gasteiger partial charge in [0.05, 0.1) is 12.9 Å². The molecule has 2 aromatic rings. The fourth-order valence-corrected chi connectivity index (χ4v) is 4.91. The SMILES string of the molecule is COc1cccc(CN(C(=O)CSCc2ccc(F)cc2)C(C)C(=O)NC2CCCCC2)c1. The van der Waals surface area contributed by atoms with Gasteiger partial charge in [-0.2, -0.15) is 0 Å². The van der Waals surface area contributed by atoms with Crippen molar-refractivity contribution in [3.63, 3.8) is 0 Å². The Balaban J connectivity index is 1.66. The van der Waals surface area contributed by atoms with E-state index in [2.05, 4.69) is 5.32 Å². The number of nitrogens with one attached hydrogen (secondary N) is 1. The van der Waals surface area contributed by atoms with Crippen LogP contribution in [0.1, 0.15) is 50.2 Å². The van der Waals surface area contributed by atoms with Crippen molar-refractivity contribution in [2.45, 2.75) is 63.4 Å². The van der Waals surface area contributed by atoms with E-state index in [1.807, 2.05) is 24.3 Å². The van der Waals surface area contributed by atoms with E-state index in [0.717, 1.165) is 36.8 Å². The first-order chi connectivity index (χ1) is 16.0. The van der Waals surface area contributed by atoms with Gasteiger partial charge in [0.1, 0.15) is 17.6 Å². The van der Waals surface area contributed by atoms with E-state index in [1.165, 1.54) is 30.3 Å². The van der Waals surface area contributed by atoms with E-state index >= 15 is 0 Å². The highest BCUT2D eigenvalue weighted by Gasteiger charge is 2.28. The third kappa shape index (κ3) is 7.77. The number of halogens is 1. The molecule has 1 N–H and O–H groups in total. The number of hydrogen-bond acceptors (Lipinski definition) is 4. The molecule has 1 aliphatic rings. The Morgan fingerprint density at radius 3 is 2.55 bits per heavy atom. The van der Waals surface area contributed by atoms with Crippen LogP contribution >= 0.6 is 11.8 Å². The lowest BCUT2D eigenvalue weighted by Gasteiger charge is -2.31. The highest BCUT2D eigenvalue weighted by atomic mass is 32.2. The second-order valence-electron chi connectivity index (χ2n) is 8.51. The maximum absolute atomic E-state index is 13.2. The zero-order valence-electron chi connectivity index (χ0n) is 19.4. The molecule has 2 aromatic carbocycles. The first-order valence-electron chi connectivity index (χ1n) is 11.5. The van der Waals surface area contributed by atoms with Crippen LogP contribution in [0.3, 0.4) is 0 Å². The fourth-order valence-electron chi connectivity index (χ4n) is 4.04. The lowest BCUT2D eigenvalue weighted by atomic mass is 9.95. The molecule has 0 radical (unpaired) electrons. The number of thioether (sulfide) groups is 1. The summed E-state index contributed by atoms with van der Waals surface area (Å²) in [5.74, 6) is 1.06. The van der Waals surface area contributed by atoms with Gasteiger partial charge in [0.2, 0.25) is 11.8 Å². The van der Waals surface area contributed by atoms with Crippen molar-refractivity contribution in [2.24, 2.45) is 0 Å². The number of carbonyl (C=O) groups excluding carboxylic acids is 2. The Hall–Kier alpha value is -2.54. The molecule has 0 aromatic heterocycles. The first kappa shape index (κ1) is 25.1. The normalized spacial score (nSPS) is 15.0. The van der Waals surface area contributed by atoms with Gasteiger partial charge in [-0.1, -0.05) is 43.5 Å². The molecule has 1 unspecified atom stereocenters. The Morgan fingerprint density at radius 2 is 1.85 bits per heavy atom. The molecule has 7 heteroatoms. The number of ether oxygens (including phenoxy) is 1. The highest BCUT2D eigenvalue weighted by molar-refractivity contribution is 7.99. The summed E-state index contributed by atoms with van der Waals surface area (Å²) >= 11 is 1.46. The predicted molar refractivity (Wildman–Crippen MR) is 131 cm³/mol. The topological polar surface area (TPSA) is 58.6 Å². The first-order valence-corrected chi connectivity index (χ1v) is 12.7. The summed E-state index contributed by atoms with van der Waals surface area (Å²) in [7, 11) is 1.61. The van der Waals surface area contributed by atoms with Gasteiger partial charge in [-0.3, -0.25) is 9.59 Å². The minimum absolute atomic E-state index is 0.101. The van der Waals surface area contributed by atoms with E-state index in [-0.39, 0.29) is 29.4 Å². The van der Waals surface area contributed by atoms with Crippen LogP contribution < -0.4 is 10.1 Å². The maximum atomic E-state index is 13.2. The predicted octanol–water partition coefficient (Wildman–Crippen LogP) is 4.93. The number of hydrogen-bond donors (Lipinski definition) is 1. The zero-order chi connectivity index (χ0) is 23.6. The molecule has 178 valence electrons. The minimum atomic E-state index is -0.586.